The van der Waals surface area contributed by atoms with Crippen LogP contribution in [0.15, 0.2) is 60.7 Å². The maximum absolute atomic E-state index is 13.8. The van der Waals surface area contributed by atoms with E-state index in [0.29, 0.717) is 17.0 Å². The van der Waals surface area contributed by atoms with E-state index in [2.05, 4.69) is 5.32 Å². The fraction of sp³-hybridized carbons (Fsp3) is 0.105. The van der Waals surface area contributed by atoms with Crippen molar-refractivity contribution >= 4 is 57.2 Å². The topological polar surface area (TPSA) is 38.3 Å². The zero-order valence-electron chi connectivity index (χ0n) is 13.3. The minimum atomic E-state index is -2.09. The summed E-state index contributed by atoms with van der Waals surface area (Å²) < 4.78 is 17.5. The summed E-state index contributed by atoms with van der Waals surface area (Å²) in [5, 5.41) is 4.17. The number of rotatable bonds is 4. The highest BCUT2D eigenvalue weighted by Crippen LogP contribution is 2.31. The van der Waals surface area contributed by atoms with Crippen molar-refractivity contribution in [2.45, 2.75) is 10.4 Å². The Labute approximate surface area is 164 Å². The molecule has 0 bridgehead atoms. The standard InChI is InChI=1S/C19H13Cl3FNO2/c20-19(21,22)18(25)24-16-7-3-4-8-17(16)26-11-13-10-14(23)9-12-5-1-2-6-15(12)13/h1-10H,11H2,(H,24,25). The van der Waals surface area contributed by atoms with Gasteiger partial charge in [0.05, 0.1) is 5.69 Å². The van der Waals surface area contributed by atoms with Crippen LogP contribution >= 0.6 is 34.8 Å². The summed E-state index contributed by atoms with van der Waals surface area (Å²) >= 11 is 16.7. The summed E-state index contributed by atoms with van der Waals surface area (Å²) in [4.78, 5) is 11.9. The van der Waals surface area contributed by atoms with Crippen LogP contribution in [0, 0.1) is 5.82 Å². The molecule has 0 heterocycles. The second-order valence-corrected chi connectivity index (χ2v) is 7.80. The lowest BCUT2D eigenvalue weighted by Gasteiger charge is -2.16. The number of halogens is 4. The summed E-state index contributed by atoms with van der Waals surface area (Å²) in [6.45, 7) is 0.110. The number of benzene rings is 3. The third-order valence-electron chi connectivity index (χ3n) is 3.69. The second kappa shape index (κ2) is 7.70. The molecule has 134 valence electrons. The molecule has 0 aliphatic heterocycles. The van der Waals surface area contributed by atoms with Crippen molar-refractivity contribution in [3.8, 4) is 5.75 Å². The van der Waals surface area contributed by atoms with Gasteiger partial charge < -0.3 is 10.1 Å². The smallest absolute Gasteiger partial charge is 0.276 e. The maximum atomic E-state index is 13.8. The minimum absolute atomic E-state index is 0.110. The molecule has 3 nitrogen and oxygen atoms in total. The number of carbonyl (C=O) groups is 1. The molecule has 0 fully saturated rings. The van der Waals surface area contributed by atoms with Gasteiger partial charge in [0.2, 0.25) is 0 Å². The Kier molecular flexibility index (Phi) is 5.56. The lowest BCUT2D eigenvalue weighted by Crippen LogP contribution is -2.27. The molecule has 1 N–H and O–H groups in total. The Bertz CT molecular complexity index is 957. The minimum Gasteiger partial charge on any atom is -0.487 e. The van der Waals surface area contributed by atoms with Gasteiger partial charge in [-0.15, -0.1) is 0 Å². The van der Waals surface area contributed by atoms with E-state index < -0.39 is 9.70 Å². The van der Waals surface area contributed by atoms with Crippen LogP contribution in [-0.4, -0.2) is 9.70 Å². The number of hydrogen-bond acceptors (Lipinski definition) is 2. The van der Waals surface area contributed by atoms with E-state index in [1.807, 2.05) is 24.3 Å². The van der Waals surface area contributed by atoms with E-state index >= 15 is 0 Å². The van der Waals surface area contributed by atoms with Gasteiger partial charge in [0, 0.05) is 0 Å². The summed E-state index contributed by atoms with van der Waals surface area (Å²) in [6.07, 6.45) is 0. The summed E-state index contributed by atoms with van der Waals surface area (Å²) in [5.74, 6) is -0.765. The molecule has 0 saturated carbocycles. The summed E-state index contributed by atoms with van der Waals surface area (Å²) in [6, 6.07) is 17.1. The first-order valence-electron chi connectivity index (χ1n) is 7.62. The molecule has 0 radical (unpaired) electrons. The fourth-order valence-corrected chi connectivity index (χ4v) is 2.66. The van der Waals surface area contributed by atoms with Crippen molar-refractivity contribution in [3.63, 3.8) is 0 Å². The Morgan fingerprint density at radius 2 is 1.73 bits per heavy atom. The van der Waals surface area contributed by atoms with Gasteiger partial charge in [-0.2, -0.15) is 0 Å². The number of carbonyl (C=O) groups excluding carboxylic acids is 1. The predicted octanol–water partition coefficient (Wildman–Crippen LogP) is 5.87. The van der Waals surface area contributed by atoms with Crippen molar-refractivity contribution in [1.82, 2.24) is 0 Å². The van der Waals surface area contributed by atoms with Crippen LogP contribution in [0.4, 0.5) is 10.1 Å². The van der Waals surface area contributed by atoms with Crippen molar-refractivity contribution in [2.24, 2.45) is 0 Å². The number of fused-ring (bicyclic) bond motifs is 1. The zero-order chi connectivity index (χ0) is 18.7. The highest BCUT2D eigenvalue weighted by molar-refractivity contribution is 6.76. The molecule has 0 aromatic heterocycles. The van der Waals surface area contributed by atoms with Crippen LogP contribution in [0.1, 0.15) is 5.56 Å². The number of hydrogen-bond donors (Lipinski definition) is 1. The van der Waals surface area contributed by atoms with Gasteiger partial charge in [-0.05, 0) is 40.6 Å². The number of anilines is 1. The number of alkyl halides is 3. The molecule has 0 unspecified atom stereocenters. The molecule has 0 aliphatic rings. The van der Waals surface area contributed by atoms with Crippen molar-refractivity contribution in [2.75, 3.05) is 5.32 Å². The van der Waals surface area contributed by atoms with Crippen LogP contribution in [0.25, 0.3) is 10.8 Å². The van der Waals surface area contributed by atoms with Crippen molar-refractivity contribution < 1.29 is 13.9 Å². The molecular formula is C19H13Cl3FNO2. The Balaban J connectivity index is 1.84. The number of nitrogens with one attached hydrogen (secondary N) is 1. The average Bonchev–Trinajstić information content (AvgIpc) is 2.59. The molecule has 0 aliphatic carbocycles. The normalized spacial score (nSPS) is 11.4. The Morgan fingerprint density at radius 1 is 1.04 bits per heavy atom. The molecule has 0 atom stereocenters. The van der Waals surface area contributed by atoms with E-state index in [9.17, 15) is 9.18 Å². The third-order valence-corrected chi connectivity index (χ3v) is 4.20. The molecule has 26 heavy (non-hydrogen) atoms. The summed E-state index contributed by atoms with van der Waals surface area (Å²) in [7, 11) is 0. The van der Waals surface area contributed by atoms with Gasteiger partial charge in [0.1, 0.15) is 18.2 Å². The predicted molar refractivity (Wildman–Crippen MR) is 104 cm³/mol. The monoisotopic (exact) mass is 411 g/mol. The van der Waals surface area contributed by atoms with E-state index in [-0.39, 0.29) is 12.4 Å². The number of amides is 1. The highest BCUT2D eigenvalue weighted by atomic mass is 35.6. The SMILES string of the molecule is O=C(Nc1ccccc1OCc1cc(F)cc2ccccc12)C(Cl)(Cl)Cl. The van der Waals surface area contributed by atoms with E-state index in [1.54, 1.807) is 24.3 Å². The van der Waals surface area contributed by atoms with Gasteiger partial charge in [0.15, 0.2) is 0 Å². The van der Waals surface area contributed by atoms with Crippen LogP contribution in [0.2, 0.25) is 0 Å². The van der Waals surface area contributed by atoms with Crippen LogP contribution in [0.5, 0.6) is 5.75 Å². The van der Waals surface area contributed by atoms with Gasteiger partial charge >= 0.3 is 0 Å². The van der Waals surface area contributed by atoms with Gasteiger partial charge in [-0.1, -0.05) is 71.2 Å². The van der Waals surface area contributed by atoms with Gasteiger partial charge in [-0.3, -0.25) is 4.79 Å². The molecule has 1 amide bonds. The van der Waals surface area contributed by atoms with Crippen molar-refractivity contribution in [1.29, 1.82) is 0 Å². The first-order valence-corrected chi connectivity index (χ1v) is 8.75. The lowest BCUT2D eigenvalue weighted by molar-refractivity contribution is -0.115. The first kappa shape index (κ1) is 18.8. The highest BCUT2D eigenvalue weighted by Gasteiger charge is 2.31. The van der Waals surface area contributed by atoms with E-state index in [0.717, 1.165) is 10.8 Å². The third kappa shape index (κ3) is 4.39. The quantitative estimate of drug-likeness (QED) is 0.545. The molecule has 3 aromatic rings. The molecule has 0 saturated heterocycles. The largest absolute Gasteiger partial charge is 0.487 e. The van der Waals surface area contributed by atoms with E-state index in [1.165, 1.54) is 12.1 Å². The van der Waals surface area contributed by atoms with Gasteiger partial charge in [-0.25, -0.2) is 4.39 Å². The molecule has 7 heteroatoms. The molecule has 3 rings (SSSR count). The average molecular weight is 413 g/mol. The maximum Gasteiger partial charge on any atom is 0.276 e. The fourth-order valence-electron chi connectivity index (χ4n) is 2.51. The molecule has 3 aromatic carbocycles. The van der Waals surface area contributed by atoms with Crippen LogP contribution < -0.4 is 10.1 Å². The lowest BCUT2D eigenvalue weighted by atomic mass is 10.0. The molecule has 0 spiro atoms. The van der Waals surface area contributed by atoms with Crippen molar-refractivity contribution in [3.05, 3.63) is 72.0 Å². The Hall–Kier alpha value is -2.01. The zero-order valence-corrected chi connectivity index (χ0v) is 15.6. The number of ether oxygens (including phenoxy) is 1. The Morgan fingerprint density at radius 3 is 2.50 bits per heavy atom. The van der Waals surface area contributed by atoms with Crippen LogP contribution in [-0.2, 0) is 11.4 Å². The van der Waals surface area contributed by atoms with Gasteiger partial charge in [0.25, 0.3) is 9.70 Å². The summed E-state index contributed by atoms with van der Waals surface area (Å²) in [5.41, 5.74) is 1.03. The van der Waals surface area contributed by atoms with Crippen LogP contribution in [0.3, 0.4) is 0 Å². The second-order valence-electron chi connectivity index (χ2n) is 5.52. The first-order chi connectivity index (χ1) is 12.3. The number of para-hydroxylation sites is 2. The molecular weight excluding hydrogens is 400 g/mol. The van der Waals surface area contributed by atoms with E-state index in [4.69, 9.17) is 39.5 Å².